The molecule has 2 aromatic rings. The number of halogens is 1. The molecule has 0 aliphatic rings. The Labute approximate surface area is 150 Å². The first-order valence-electron chi connectivity index (χ1n) is 7.20. The molecular formula is C17H16ClNO5S. The fourth-order valence-electron chi connectivity index (χ4n) is 2.03. The van der Waals surface area contributed by atoms with Crippen LogP contribution in [0.25, 0.3) is 0 Å². The number of nitrogens with one attached hydrogen (secondary N) is 1. The highest BCUT2D eigenvalue weighted by atomic mass is 35.5. The quantitative estimate of drug-likeness (QED) is 0.804. The molecule has 25 heavy (non-hydrogen) atoms. The summed E-state index contributed by atoms with van der Waals surface area (Å²) in [5.74, 6) is -1.25. The molecule has 132 valence electrons. The molecule has 6 nitrogen and oxygen atoms in total. The van der Waals surface area contributed by atoms with Crippen LogP contribution in [0.3, 0.4) is 0 Å². The molecule has 1 amide bonds. The van der Waals surface area contributed by atoms with Crippen molar-refractivity contribution in [1.29, 1.82) is 0 Å². The first-order chi connectivity index (χ1) is 11.7. The predicted octanol–water partition coefficient (Wildman–Crippen LogP) is 2.85. The molecule has 0 spiro atoms. The summed E-state index contributed by atoms with van der Waals surface area (Å²) in [5.41, 5.74) is 1.23. The van der Waals surface area contributed by atoms with Gasteiger partial charge < -0.3 is 10.1 Å². The van der Waals surface area contributed by atoms with Gasteiger partial charge in [-0.3, -0.25) is 4.79 Å². The van der Waals surface area contributed by atoms with E-state index < -0.39 is 28.3 Å². The van der Waals surface area contributed by atoms with Crippen molar-refractivity contribution in [2.24, 2.45) is 0 Å². The van der Waals surface area contributed by atoms with Gasteiger partial charge >= 0.3 is 5.97 Å². The highest BCUT2D eigenvalue weighted by Crippen LogP contribution is 2.25. The third-order valence-corrected chi connectivity index (χ3v) is 4.78. The van der Waals surface area contributed by atoms with E-state index in [0.717, 1.165) is 11.8 Å². The van der Waals surface area contributed by atoms with Gasteiger partial charge in [-0.15, -0.1) is 0 Å². The second-order valence-corrected chi connectivity index (χ2v) is 7.78. The maximum Gasteiger partial charge on any atom is 0.338 e. The first-order valence-corrected chi connectivity index (χ1v) is 9.47. The van der Waals surface area contributed by atoms with Crippen molar-refractivity contribution in [2.45, 2.75) is 11.8 Å². The Morgan fingerprint density at radius 2 is 1.84 bits per heavy atom. The fraction of sp³-hybridized carbons (Fsp3) is 0.176. The Hall–Kier alpha value is -2.38. The Kier molecular flexibility index (Phi) is 5.81. The zero-order chi connectivity index (χ0) is 18.6. The molecule has 1 N–H and O–H groups in total. The summed E-state index contributed by atoms with van der Waals surface area (Å²) in [7, 11) is -3.44. The number of ether oxygens (including phenoxy) is 1. The Morgan fingerprint density at radius 1 is 1.16 bits per heavy atom. The van der Waals surface area contributed by atoms with Crippen molar-refractivity contribution in [1.82, 2.24) is 0 Å². The van der Waals surface area contributed by atoms with Gasteiger partial charge in [0.15, 0.2) is 16.4 Å². The van der Waals surface area contributed by atoms with Crippen molar-refractivity contribution < 1.29 is 22.7 Å². The van der Waals surface area contributed by atoms with Crippen LogP contribution in [0.2, 0.25) is 5.02 Å². The van der Waals surface area contributed by atoms with Crippen LogP contribution in [0.1, 0.15) is 15.9 Å². The van der Waals surface area contributed by atoms with Gasteiger partial charge in [-0.05, 0) is 36.8 Å². The standard InChI is InChI=1S/C17H16ClNO5S/c1-11-5-3-4-6-13(11)17(21)24-10-16(20)19-15-9-12(25(2,22)23)7-8-14(15)18/h3-9H,10H2,1-2H3,(H,19,20). The molecule has 0 aliphatic carbocycles. The summed E-state index contributed by atoms with van der Waals surface area (Å²) in [4.78, 5) is 23.9. The number of amides is 1. The zero-order valence-electron chi connectivity index (χ0n) is 13.6. The van der Waals surface area contributed by atoms with E-state index in [9.17, 15) is 18.0 Å². The number of aryl methyl sites for hydroxylation is 1. The van der Waals surface area contributed by atoms with Crippen LogP contribution in [-0.4, -0.2) is 33.2 Å². The number of esters is 1. The molecule has 8 heteroatoms. The third-order valence-electron chi connectivity index (χ3n) is 3.34. The topological polar surface area (TPSA) is 89.5 Å². The van der Waals surface area contributed by atoms with E-state index in [1.54, 1.807) is 31.2 Å². The number of rotatable bonds is 5. The average molecular weight is 382 g/mol. The number of benzene rings is 2. The smallest absolute Gasteiger partial charge is 0.338 e. The van der Waals surface area contributed by atoms with Gasteiger partial charge in [-0.2, -0.15) is 0 Å². The lowest BCUT2D eigenvalue weighted by Gasteiger charge is -2.10. The van der Waals surface area contributed by atoms with Crippen LogP contribution >= 0.6 is 11.6 Å². The molecular weight excluding hydrogens is 366 g/mol. The molecule has 0 aliphatic heterocycles. The number of anilines is 1. The normalized spacial score (nSPS) is 11.0. The number of carbonyl (C=O) groups excluding carboxylic acids is 2. The molecule has 0 atom stereocenters. The van der Waals surface area contributed by atoms with Gasteiger partial charge in [0, 0.05) is 6.26 Å². The largest absolute Gasteiger partial charge is 0.452 e. The molecule has 2 aromatic carbocycles. The molecule has 0 fully saturated rings. The number of hydrogen-bond acceptors (Lipinski definition) is 5. The van der Waals surface area contributed by atoms with Gasteiger partial charge in [-0.25, -0.2) is 13.2 Å². The number of hydrogen-bond donors (Lipinski definition) is 1. The minimum atomic E-state index is -3.44. The van der Waals surface area contributed by atoms with Crippen LogP contribution in [0.5, 0.6) is 0 Å². The van der Waals surface area contributed by atoms with Crippen LogP contribution in [0.15, 0.2) is 47.4 Å². The summed E-state index contributed by atoms with van der Waals surface area (Å²) >= 11 is 5.95. The van der Waals surface area contributed by atoms with E-state index in [-0.39, 0.29) is 15.6 Å². The van der Waals surface area contributed by atoms with Gasteiger partial charge in [0.2, 0.25) is 0 Å². The van der Waals surface area contributed by atoms with Crippen LogP contribution in [0.4, 0.5) is 5.69 Å². The summed E-state index contributed by atoms with van der Waals surface area (Å²) in [6.45, 7) is 1.24. The lowest BCUT2D eigenvalue weighted by Crippen LogP contribution is -2.21. The second kappa shape index (κ2) is 7.67. The monoisotopic (exact) mass is 381 g/mol. The van der Waals surface area contributed by atoms with Crippen molar-refractivity contribution in [2.75, 3.05) is 18.2 Å². The maximum absolute atomic E-state index is 12.0. The predicted molar refractivity (Wildman–Crippen MR) is 94.7 cm³/mol. The number of sulfone groups is 1. The second-order valence-electron chi connectivity index (χ2n) is 5.35. The first kappa shape index (κ1) is 19.0. The van der Waals surface area contributed by atoms with Gasteiger partial charge in [-0.1, -0.05) is 29.8 Å². The lowest BCUT2D eigenvalue weighted by molar-refractivity contribution is -0.119. The van der Waals surface area contributed by atoms with E-state index in [2.05, 4.69) is 5.32 Å². The SMILES string of the molecule is Cc1ccccc1C(=O)OCC(=O)Nc1cc(S(C)(=O)=O)ccc1Cl. The molecule has 0 bridgehead atoms. The highest BCUT2D eigenvalue weighted by Gasteiger charge is 2.15. The fourth-order valence-corrected chi connectivity index (χ4v) is 2.84. The molecule has 2 rings (SSSR count). The van der Waals surface area contributed by atoms with E-state index in [1.807, 2.05) is 0 Å². The van der Waals surface area contributed by atoms with E-state index >= 15 is 0 Å². The lowest BCUT2D eigenvalue weighted by atomic mass is 10.1. The van der Waals surface area contributed by atoms with Crippen LogP contribution in [-0.2, 0) is 19.4 Å². The minimum Gasteiger partial charge on any atom is -0.452 e. The van der Waals surface area contributed by atoms with E-state index in [0.29, 0.717) is 5.56 Å². The van der Waals surface area contributed by atoms with Crippen molar-refractivity contribution in [3.63, 3.8) is 0 Å². The average Bonchev–Trinajstić information content (AvgIpc) is 2.54. The summed E-state index contributed by atoms with van der Waals surface area (Å²) in [6.07, 6.45) is 1.05. The third kappa shape index (κ3) is 5.04. The summed E-state index contributed by atoms with van der Waals surface area (Å²) in [5, 5.41) is 2.60. The van der Waals surface area contributed by atoms with Gasteiger partial charge in [0.25, 0.3) is 5.91 Å². The molecule has 0 unspecified atom stereocenters. The van der Waals surface area contributed by atoms with Gasteiger partial charge in [0.05, 0.1) is 21.2 Å². The molecule has 0 heterocycles. The van der Waals surface area contributed by atoms with Crippen molar-refractivity contribution >= 4 is 39.0 Å². The Morgan fingerprint density at radius 3 is 2.48 bits per heavy atom. The zero-order valence-corrected chi connectivity index (χ0v) is 15.1. The highest BCUT2D eigenvalue weighted by molar-refractivity contribution is 7.90. The van der Waals surface area contributed by atoms with Gasteiger partial charge in [0.1, 0.15) is 0 Å². The Balaban J connectivity index is 2.04. The van der Waals surface area contributed by atoms with Crippen LogP contribution in [0, 0.1) is 6.92 Å². The minimum absolute atomic E-state index is 0.0177. The van der Waals surface area contributed by atoms with Crippen molar-refractivity contribution in [3.05, 3.63) is 58.6 Å². The molecule has 0 saturated heterocycles. The maximum atomic E-state index is 12.0. The van der Waals surface area contributed by atoms with Crippen molar-refractivity contribution in [3.8, 4) is 0 Å². The molecule has 0 radical (unpaired) electrons. The molecule has 0 saturated carbocycles. The van der Waals surface area contributed by atoms with E-state index in [4.69, 9.17) is 16.3 Å². The summed E-state index contributed by atoms with van der Waals surface area (Å²) < 4.78 is 28.1. The molecule has 0 aromatic heterocycles. The van der Waals surface area contributed by atoms with Crippen LogP contribution < -0.4 is 5.32 Å². The number of carbonyl (C=O) groups is 2. The Bertz CT molecular complexity index is 924. The summed E-state index contributed by atoms with van der Waals surface area (Å²) in [6, 6.07) is 10.8. The van der Waals surface area contributed by atoms with E-state index in [1.165, 1.54) is 18.2 Å².